The van der Waals surface area contributed by atoms with E-state index < -0.39 is 10.0 Å². The molecule has 0 radical (unpaired) electrons. The van der Waals surface area contributed by atoms with Gasteiger partial charge in [-0.05, 0) is 0 Å². The van der Waals surface area contributed by atoms with Crippen LogP contribution < -0.4 is 3.74 Å². The van der Waals surface area contributed by atoms with Gasteiger partial charge in [0.2, 0.25) is 0 Å². The van der Waals surface area contributed by atoms with Crippen molar-refractivity contribution in [2.45, 2.75) is 110 Å². The second-order valence-corrected chi connectivity index (χ2v) is 9.02. The Morgan fingerprint density at radius 2 is 0.913 bits per heavy atom. The van der Waals surface area contributed by atoms with Gasteiger partial charge < -0.3 is 0 Å². The first-order valence-corrected chi connectivity index (χ1v) is 11.8. The molecule has 0 aliphatic carbocycles. The van der Waals surface area contributed by atoms with Gasteiger partial charge in [0.25, 0.3) is 0 Å². The van der Waals surface area contributed by atoms with Gasteiger partial charge in [0.05, 0.1) is 0 Å². The topological polar surface area (TPSA) is 46.2 Å². The number of hydrogen-bond donors (Lipinski definition) is 1. The molecule has 0 unspecified atom stereocenters. The van der Waals surface area contributed by atoms with E-state index in [9.17, 15) is 8.42 Å². The summed E-state index contributed by atoms with van der Waals surface area (Å²) in [6.45, 7) is 2.27. The van der Waals surface area contributed by atoms with E-state index in [0.29, 0.717) is 0 Å². The second-order valence-electron chi connectivity index (χ2n) is 6.68. The van der Waals surface area contributed by atoms with Crippen molar-refractivity contribution in [2.75, 3.05) is 5.75 Å². The SMILES string of the molecule is CCCCCCCCCCCCCCCCCCS(=O)(=O)[NH][Cu]. The van der Waals surface area contributed by atoms with E-state index in [4.69, 9.17) is 0 Å². The van der Waals surface area contributed by atoms with Crippen LogP contribution in [0.15, 0.2) is 0 Å². The first-order chi connectivity index (χ1) is 11.1. The Morgan fingerprint density at radius 3 is 1.22 bits per heavy atom. The monoisotopic (exact) mass is 395 g/mol. The molecule has 0 saturated carbocycles. The molecule has 0 saturated heterocycles. The summed E-state index contributed by atoms with van der Waals surface area (Å²) < 4.78 is 24.2. The predicted octanol–water partition coefficient (Wildman–Crippen LogP) is 5.63. The Morgan fingerprint density at radius 1 is 0.609 bits per heavy atom. The van der Waals surface area contributed by atoms with Gasteiger partial charge >= 0.3 is 102 Å². The zero-order valence-electron chi connectivity index (χ0n) is 15.0. The molecule has 0 bridgehead atoms. The Bertz CT molecular complexity index is 334. The van der Waals surface area contributed by atoms with Crippen molar-refractivity contribution >= 4 is 10.0 Å². The van der Waals surface area contributed by atoms with Gasteiger partial charge in [-0.2, -0.15) is 0 Å². The fraction of sp³-hybridized carbons (Fsp3) is 1.00. The standard InChI is InChI=1S/C18H38NO2S.Cu/c1-2-3-4-5-6-7-8-9-10-11-12-13-14-15-16-17-18-22(19,20)21;/h2-18H2,1H3,(H-,19,20,21);/q-1;+1. The normalized spacial score (nSPS) is 12.0. The second kappa shape index (κ2) is 17.3. The maximum absolute atomic E-state index is 11.1. The van der Waals surface area contributed by atoms with Gasteiger partial charge in [0, 0.05) is 0 Å². The van der Waals surface area contributed by atoms with Crippen LogP contribution in [0.1, 0.15) is 110 Å². The summed E-state index contributed by atoms with van der Waals surface area (Å²) in [7, 11) is -3.18. The molecular weight excluding hydrogens is 358 g/mol. The van der Waals surface area contributed by atoms with E-state index in [1.165, 1.54) is 83.5 Å². The third kappa shape index (κ3) is 18.6. The summed E-state index contributed by atoms with van der Waals surface area (Å²) >= 11 is 4.50. The van der Waals surface area contributed by atoms with E-state index in [-0.39, 0.29) is 5.75 Å². The summed E-state index contributed by atoms with van der Waals surface area (Å²) in [5, 5.41) is 0. The van der Waals surface area contributed by atoms with Crippen LogP contribution in [0.25, 0.3) is 0 Å². The molecule has 1 N–H and O–H groups in total. The molecule has 144 valence electrons. The number of hydrogen-bond acceptors (Lipinski definition) is 2. The van der Waals surface area contributed by atoms with Gasteiger partial charge in [0.15, 0.2) is 0 Å². The Kier molecular flexibility index (Phi) is 17.6. The molecule has 0 rings (SSSR count). The summed E-state index contributed by atoms with van der Waals surface area (Å²) in [6.07, 6.45) is 20.7. The Hall–Kier alpha value is 0.429. The minimum absolute atomic E-state index is 0.170. The van der Waals surface area contributed by atoms with E-state index in [0.717, 1.165) is 19.3 Å². The van der Waals surface area contributed by atoms with Crippen LogP contribution in [0.4, 0.5) is 0 Å². The average Bonchev–Trinajstić information content (AvgIpc) is 2.54. The third-order valence-electron chi connectivity index (χ3n) is 4.36. The van der Waals surface area contributed by atoms with Crippen molar-refractivity contribution in [3.05, 3.63) is 0 Å². The molecule has 0 amide bonds. The first-order valence-electron chi connectivity index (χ1n) is 9.68. The average molecular weight is 396 g/mol. The van der Waals surface area contributed by atoms with Crippen molar-refractivity contribution in [3.63, 3.8) is 0 Å². The number of unbranched alkanes of at least 4 members (excludes halogenated alkanes) is 15. The fourth-order valence-corrected chi connectivity index (χ4v) is 3.80. The van der Waals surface area contributed by atoms with Crippen LogP contribution >= 0.6 is 0 Å². The Labute approximate surface area is 153 Å². The molecule has 3 nitrogen and oxygen atoms in total. The summed E-state index contributed by atoms with van der Waals surface area (Å²) in [4.78, 5) is 0. The molecule has 23 heavy (non-hydrogen) atoms. The van der Waals surface area contributed by atoms with Crippen LogP contribution in [0.2, 0.25) is 0 Å². The molecular formula is C18H38CuNO2S. The van der Waals surface area contributed by atoms with Crippen molar-refractivity contribution in [3.8, 4) is 0 Å². The summed E-state index contributed by atoms with van der Waals surface area (Å²) in [6, 6.07) is 0. The predicted molar refractivity (Wildman–Crippen MR) is 96.5 cm³/mol. The molecule has 0 heterocycles. The zero-order chi connectivity index (χ0) is 17.2. The Balaban J connectivity index is 3.08. The van der Waals surface area contributed by atoms with Crippen LogP contribution in [0, 0.1) is 0 Å². The summed E-state index contributed by atoms with van der Waals surface area (Å²) in [5.74, 6) is 0.170. The van der Waals surface area contributed by atoms with Crippen molar-refractivity contribution < 1.29 is 24.6 Å². The van der Waals surface area contributed by atoms with Crippen molar-refractivity contribution in [1.82, 2.24) is 3.74 Å². The third-order valence-corrected chi connectivity index (χ3v) is 6.25. The zero-order valence-corrected chi connectivity index (χ0v) is 16.8. The molecule has 5 heteroatoms. The molecule has 0 atom stereocenters. The number of sulfonamides is 1. The van der Waals surface area contributed by atoms with Crippen LogP contribution in [-0.2, 0) is 26.3 Å². The van der Waals surface area contributed by atoms with Gasteiger partial charge in [-0.3, -0.25) is 0 Å². The minimum atomic E-state index is -3.18. The molecule has 0 fully saturated rings. The fourth-order valence-electron chi connectivity index (χ4n) is 2.87. The van der Waals surface area contributed by atoms with Crippen molar-refractivity contribution in [1.29, 1.82) is 0 Å². The van der Waals surface area contributed by atoms with E-state index >= 15 is 0 Å². The molecule has 0 aromatic heterocycles. The van der Waals surface area contributed by atoms with E-state index in [2.05, 4.69) is 23.2 Å². The molecule has 0 aromatic carbocycles. The van der Waals surface area contributed by atoms with Gasteiger partial charge in [-0.15, -0.1) is 0 Å². The first kappa shape index (κ1) is 23.4. The molecule has 0 aliphatic heterocycles. The molecule has 0 spiro atoms. The van der Waals surface area contributed by atoms with Crippen molar-refractivity contribution in [2.24, 2.45) is 0 Å². The quantitative estimate of drug-likeness (QED) is 0.241. The van der Waals surface area contributed by atoms with E-state index in [1.807, 2.05) is 3.74 Å². The molecule has 0 aromatic rings. The summed E-state index contributed by atoms with van der Waals surface area (Å²) in [5.41, 5.74) is 0. The van der Waals surface area contributed by atoms with Gasteiger partial charge in [-0.25, -0.2) is 0 Å². The van der Waals surface area contributed by atoms with Gasteiger partial charge in [0.1, 0.15) is 0 Å². The molecule has 0 aliphatic rings. The maximum atomic E-state index is 11.1. The van der Waals surface area contributed by atoms with Crippen LogP contribution in [-0.4, -0.2) is 14.2 Å². The number of nitrogens with one attached hydrogen (secondary N) is 1. The van der Waals surface area contributed by atoms with Crippen LogP contribution in [0.5, 0.6) is 0 Å². The van der Waals surface area contributed by atoms with Crippen LogP contribution in [0.3, 0.4) is 0 Å². The number of rotatable bonds is 18. The van der Waals surface area contributed by atoms with E-state index in [1.54, 1.807) is 0 Å². The van der Waals surface area contributed by atoms with Gasteiger partial charge in [-0.1, -0.05) is 51.9 Å².